The van der Waals surface area contributed by atoms with Crippen LogP contribution in [0, 0.1) is 0 Å². The summed E-state index contributed by atoms with van der Waals surface area (Å²) in [4.78, 5) is 12.1. The van der Waals surface area contributed by atoms with Gasteiger partial charge in [-0.15, -0.1) is 0 Å². The molecule has 0 heterocycles. The van der Waals surface area contributed by atoms with Crippen LogP contribution in [0.5, 0.6) is 0 Å². The number of hydrogen-bond donors (Lipinski definition) is 3. The van der Waals surface area contributed by atoms with E-state index in [0.717, 1.165) is 32.1 Å². The van der Waals surface area contributed by atoms with E-state index in [4.69, 9.17) is 0 Å². The van der Waals surface area contributed by atoms with Gasteiger partial charge in [-0.25, -0.2) is 0 Å². The van der Waals surface area contributed by atoms with E-state index in [0.29, 0.717) is 6.42 Å². The molecule has 0 aliphatic rings. The van der Waals surface area contributed by atoms with Gasteiger partial charge in [0.1, 0.15) is 0 Å². The molecule has 0 aliphatic heterocycles. The molecule has 0 unspecified atom stereocenters. The maximum atomic E-state index is 12.1. The molecule has 0 fully saturated rings. The number of unbranched alkanes of at least 4 members (excludes halogenated alkanes) is 18. The van der Waals surface area contributed by atoms with Crippen LogP contribution in [0.4, 0.5) is 0 Å². The van der Waals surface area contributed by atoms with Crippen LogP contribution in [-0.2, 0) is 4.79 Å². The van der Waals surface area contributed by atoms with Gasteiger partial charge < -0.3 is 15.5 Å². The molecule has 212 valence electrons. The minimum atomic E-state index is -0.853. The van der Waals surface area contributed by atoms with Crippen molar-refractivity contribution in [1.29, 1.82) is 0 Å². The van der Waals surface area contributed by atoms with Crippen LogP contribution >= 0.6 is 0 Å². The second kappa shape index (κ2) is 28.4. The van der Waals surface area contributed by atoms with Gasteiger partial charge in [-0.2, -0.15) is 0 Å². The third-order valence-electron chi connectivity index (χ3n) is 6.94. The van der Waals surface area contributed by atoms with Crippen molar-refractivity contribution in [2.75, 3.05) is 6.61 Å². The van der Waals surface area contributed by atoms with Gasteiger partial charge in [0.05, 0.1) is 18.8 Å². The van der Waals surface area contributed by atoms with E-state index in [1.165, 1.54) is 103 Å². The quantitative estimate of drug-likeness (QED) is 0.0770. The summed E-state index contributed by atoms with van der Waals surface area (Å²) in [5.74, 6) is -0.0830. The van der Waals surface area contributed by atoms with Crippen molar-refractivity contribution in [3.8, 4) is 0 Å². The third kappa shape index (κ3) is 24.6. The van der Waals surface area contributed by atoms with Crippen molar-refractivity contribution in [2.24, 2.45) is 0 Å². The molecule has 0 saturated carbocycles. The Balaban J connectivity index is 3.69. The van der Waals surface area contributed by atoms with Gasteiger partial charge in [-0.1, -0.05) is 141 Å². The highest BCUT2D eigenvalue weighted by molar-refractivity contribution is 5.76. The molecule has 0 aromatic rings. The predicted octanol–water partition coefficient (Wildman–Crippen LogP) is 8.56. The standard InChI is InChI=1S/C32H61NO3/c1-3-5-7-9-11-12-13-14-15-16-17-18-19-20-22-23-25-27-31(35)30(29-34)33-32(36)28-26-24-21-10-8-6-4-2/h19-20,25,27,30-31,34-35H,3-18,21-24,26,28-29H2,1-2H3,(H,33,36)/b20-19+,27-25+/t30-,31+/m0/s1. The fourth-order valence-corrected chi connectivity index (χ4v) is 4.48. The summed E-state index contributed by atoms with van der Waals surface area (Å²) in [7, 11) is 0. The zero-order chi connectivity index (χ0) is 26.5. The van der Waals surface area contributed by atoms with E-state index in [1.54, 1.807) is 6.08 Å². The molecular formula is C32H61NO3. The van der Waals surface area contributed by atoms with Crippen LogP contribution in [0.15, 0.2) is 24.3 Å². The molecule has 0 rings (SSSR count). The monoisotopic (exact) mass is 507 g/mol. The van der Waals surface area contributed by atoms with Crippen molar-refractivity contribution < 1.29 is 15.0 Å². The van der Waals surface area contributed by atoms with Crippen molar-refractivity contribution in [3.05, 3.63) is 24.3 Å². The van der Waals surface area contributed by atoms with Gasteiger partial charge in [0, 0.05) is 6.42 Å². The van der Waals surface area contributed by atoms with Gasteiger partial charge in [0.25, 0.3) is 0 Å². The van der Waals surface area contributed by atoms with Gasteiger partial charge in [0.15, 0.2) is 0 Å². The van der Waals surface area contributed by atoms with Crippen molar-refractivity contribution in [3.63, 3.8) is 0 Å². The molecule has 0 aromatic heterocycles. The van der Waals surface area contributed by atoms with Gasteiger partial charge >= 0.3 is 0 Å². The summed E-state index contributed by atoms with van der Waals surface area (Å²) < 4.78 is 0. The summed E-state index contributed by atoms with van der Waals surface area (Å²) in [6.07, 6.45) is 34.1. The average Bonchev–Trinajstić information content (AvgIpc) is 2.88. The predicted molar refractivity (Wildman–Crippen MR) is 156 cm³/mol. The Hall–Kier alpha value is -1.13. The highest BCUT2D eigenvalue weighted by Crippen LogP contribution is 2.12. The van der Waals surface area contributed by atoms with Crippen molar-refractivity contribution >= 4 is 5.91 Å². The summed E-state index contributed by atoms with van der Waals surface area (Å²) in [6.45, 7) is 4.23. The van der Waals surface area contributed by atoms with E-state index in [9.17, 15) is 15.0 Å². The van der Waals surface area contributed by atoms with Crippen molar-refractivity contribution in [1.82, 2.24) is 5.32 Å². The zero-order valence-electron chi connectivity index (χ0n) is 24.0. The van der Waals surface area contributed by atoms with Crippen molar-refractivity contribution in [2.45, 2.75) is 167 Å². The number of amides is 1. The molecule has 0 aliphatic carbocycles. The largest absolute Gasteiger partial charge is 0.394 e. The van der Waals surface area contributed by atoms with E-state index in [1.807, 2.05) is 6.08 Å². The number of rotatable bonds is 27. The molecule has 0 aromatic carbocycles. The Kier molecular flexibility index (Phi) is 27.5. The number of aliphatic hydroxyl groups excluding tert-OH is 2. The number of aliphatic hydroxyl groups is 2. The lowest BCUT2D eigenvalue weighted by Crippen LogP contribution is -2.45. The first-order chi connectivity index (χ1) is 17.7. The molecule has 1 amide bonds. The van der Waals surface area contributed by atoms with E-state index in [2.05, 4.69) is 31.3 Å². The van der Waals surface area contributed by atoms with E-state index >= 15 is 0 Å². The molecule has 4 nitrogen and oxygen atoms in total. The molecular weight excluding hydrogens is 446 g/mol. The summed E-state index contributed by atoms with van der Waals surface area (Å²) in [5, 5.41) is 22.6. The van der Waals surface area contributed by atoms with Gasteiger partial charge in [-0.05, 0) is 32.1 Å². The molecule has 36 heavy (non-hydrogen) atoms. The Morgan fingerprint density at radius 2 is 1.08 bits per heavy atom. The Morgan fingerprint density at radius 3 is 1.61 bits per heavy atom. The van der Waals surface area contributed by atoms with E-state index < -0.39 is 12.1 Å². The minimum Gasteiger partial charge on any atom is -0.394 e. The Labute approximate surface area is 224 Å². The smallest absolute Gasteiger partial charge is 0.220 e. The number of carbonyl (C=O) groups excluding carboxylic acids is 1. The fraction of sp³-hybridized carbons (Fsp3) is 0.844. The summed E-state index contributed by atoms with van der Waals surface area (Å²) in [6, 6.07) is -0.630. The van der Waals surface area contributed by atoms with Crippen LogP contribution < -0.4 is 5.32 Å². The Morgan fingerprint density at radius 1 is 0.639 bits per heavy atom. The first-order valence-electron chi connectivity index (χ1n) is 15.6. The highest BCUT2D eigenvalue weighted by atomic mass is 16.3. The van der Waals surface area contributed by atoms with E-state index in [-0.39, 0.29) is 12.5 Å². The molecule has 0 radical (unpaired) electrons. The van der Waals surface area contributed by atoms with Gasteiger partial charge in [0.2, 0.25) is 5.91 Å². The van der Waals surface area contributed by atoms with Crippen LogP contribution in [0.3, 0.4) is 0 Å². The lowest BCUT2D eigenvalue weighted by Gasteiger charge is -2.19. The first kappa shape index (κ1) is 34.9. The highest BCUT2D eigenvalue weighted by Gasteiger charge is 2.17. The molecule has 0 saturated heterocycles. The fourth-order valence-electron chi connectivity index (χ4n) is 4.48. The lowest BCUT2D eigenvalue weighted by molar-refractivity contribution is -0.123. The summed E-state index contributed by atoms with van der Waals surface area (Å²) in [5.41, 5.74) is 0. The number of allylic oxidation sites excluding steroid dienone is 3. The molecule has 3 N–H and O–H groups in total. The second-order valence-electron chi connectivity index (χ2n) is 10.5. The third-order valence-corrected chi connectivity index (χ3v) is 6.94. The van der Waals surface area contributed by atoms with Crippen LogP contribution in [0.2, 0.25) is 0 Å². The maximum Gasteiger partial charge on any atom is 0.220 e. The topological polar surface area (TPSA) is 69.6 Å². The minimum absolute atomic E-state index is 0.0830. The van der Waals surface area contributed by atoms with Crippen LogP contribution in [-0.4, -0.2) is 34.9 Å². The molecule has 4 heteroatoms. The lowest BCUT2D eigenvalue weighted by atomic mass is 10.1. The van der Waals surface area contributed by atoms with Crippen LogP contribution in [0.1, 0.15) is 155 Å². The first-order valence-corrected chi connectivity index (χ1v) is 15.6. The zero-order valence-corrected chi connectivity index (χ0v) is 24.0. The summed E-state index contributed by atoms with van der Waals surface area (Å²) >= 11 is 0. The Bertz CT molecular complexity index is 518. The number of carbonyl (C=O) groups is 1. The normalized spacial score (nSPS) is 13.6. The van der Waals surface area contributed by atoms with Gasteiger partial charge in [-0.3, -0.25) is 4.79 Å². The maximum absolute atomic E-state index is 12.1. The number of hydrogen-bond acceptors (Lipinski definition) is 3. The number of nitrogens with one attached hydrogen (secondary N) is 1. The molecule has 2 atom stereocenters. The molecule has 0 spiro atoms. The van der Waals surface area contributed by atoms with Crippen LogP contribution in [0.25, 0.3) is 0 Å². The molecule has 0 bridgehead atoms. The average molecular weight is 508 g/mol. The second-order valence-corrected chi connectivity index (χ2v) is 10.5. The SMILES string of the molecule is CCCCCCCCCCCCC/C=C/CC/C=C/[C@@H](O)[C@H](CO)NC(=O)CCCCCCCCC.